The van der Waals surface area contributed by atoms with Crippen molar-refractivity contribution in [3.63, 3.8) is 0 Å². The third-order valence-electron chi connectivity index (χ3n) is 6.04. The van der Waals surface area contributed by atoms with Crippen molar-refractivity contribution in [3.05, 3.63) is 88.3 Å². The van der Waals surface area contributed by atoms with Gasteiger partial charge in [0.25, 0.3) is 0 Å². The fourth-order valence-electron chi connectivity index (χ4n) is 4.47. The number of nitrogens with zero attached hydrogens (tertiary/aromatic N) is 1. The summed E-state index contributed by atoms with van der Waals surface area (Å²) in [6.45, 7) is 8.62. The van der Waals surface area contributed by atoms with Crippen LogP contribution in [0, 0.1) is 25.2 Å². The first-order chi connectivity index (χ1) is 18.8. The molecule has 0 saturated carbocycles. The minimum atomic E-state index is -0.563. The van der Waals surface area contributed by atoms with Gasteiger partial charge in [0.05, 0.1) is 19.1 Å². The van der Waals surface area contributed by atoms with Gasteiger partial charge in [-0.1, -0.05) is 25.1 Å². The second-order valence-electron chi connectivity index (χ2n) is 9.20. The van der Waals surface area contributed by atoms with E-state index >= 15 is 0 Å². The molecular formula is C31H32N2O6. The third-order valence-corrected chi connectivity index (χ3v) is 6.04. The maximum Gasteiger partial charge on any atom is 0.349 e. The molecule has 0 saturated heterocycles. The van der Waals surface area contributed by atoms with Gasteiger partial charge in [0, 0.05) is 11.6 Å². The van der Waals surface area contributed by atoms with Crippen LogP contribution in [0.1, 0.15) is 48.4 Å². The number of hydrogen-bond acceptors (Lipinski definition) is 8. The second-order valence-corrected chi connectivity index (χ2v) is 9.20. The normalized spacial score (nSPS) is 14.1. The number of ether oxygens (including phenoxy) is 5. The molecule has 1 aliphatic heterocycles. The van der Waals surface area contributed by atoms with Gasteiger partial charge in [-0.05, 0) is 74.2 Å². The van der Waals surface area contributed by atoms with Crippen LogP contribution in [0.15, 0.2) is 66.1 Å². The first-order valence-corrected chi connectivity index (χ1v) is 12.9. The van der Waals surface area contributed by atoms with Gasteiger partial charge in [-0.2, -0.15) is 5.26 Å². The number of fused-ring (bicyclic) bond motifs is 1. The molecule has 39 heavy (non-hydrogen) atoms. The van der Waals surface area contributed by atoms with Crippen molar-refractivity contribution in [2.24, 2.45) is 5.73 Å². The molecule has 0 spiro atoms. The van der Waals surface area contributed by atoms with Crippen LogP contribution in [0.4, 0.5) is 0 Å². The Hall–Kier alpha value is -4.64. The third kappa shape index (κ3) is 6.44. The largest absolute Gasteiger partial charge is 0.490 e. The summed E-state index contributed by atoms with van der Waals surface area (Å²) in [5.74, 6) is 1.40. The minimum Gasteiger partial charge on any atom is -0.490 e. The molecule has 4 rings (SSSR count). The predicted octanol–water partition coefficient (Wildman–Crippen LogP) is 5.69. The highest BCUT2D eigenvalue weighted by Crippen LogP contribution is 2.45. The highest BCUT2D eigenvalue weighted by Gasteiger charge is 2.32. The van der Waals surface area contributed by atoms with Crippen LogP contribution in [0.25, 0.3) is 0 Å². The number of benzene rings is 3. The lowest BCUT2D eigenvalue weighted by Crippen LogP contribution is -2.22. The molecule has 1 atom stereocenters. The Kier molecular flexibility index (Phi) is 8.62. The van der Waals surface area contributed by atoms with Crippen LogP contribution in [0.3, 0.4) is 0 Å². The van der Waals surface area contributed by atoms with E-state index in [4.69, 9.17) is 29.4 Å². The Bertz CT molecular complexity index is 1420. The van der Waals surface area contributed by atoms with Crippen molar-refractivity contribution in [1.82, 2.24) is 0 Å². The fraction of sp³-hybridized carbons (Fsp3) is 0.290. The van der Waals surface area contributed by atoms with E-state index in [0.29, 0.717) is 41.8 Å². The molecule has 0 bridgehead atoms. The molecule has 0 amide bonds. The zero-order chi connectivity index (χ0) is 27.9. The second kappa shape index (κ2) is 12.3. The Labute approximate surface area is 228 Å². The number of nitriles is 1. The maximum absolute atomic E-state index is 12.5. The molecule has 1 unspecified atom stereocenters. The zero-order valence-electron chi connectivity index (χ0n) is 22.6. The molecule has 3 aromatic rings. The number of carbonyl (C=O) groups is 1. The number of nitrogens with two attached hydrogens (primary N) is 1. The smallest absolute Gasteiger partial charge is 0.349 e. The number of allylic oxidation sites excluding steroid dienone is 1. The number of carbonyl (C=O) groups excluding carboxylic acids is 1. The van der Waals surface area contributed by atoms with E-state index in [1.54, 1.807) is 18.2 Å². The van der Waals surface area contributed by atoms with Gasteiger partial charge in [0.1, 0.15) is 28.9 Å². The molecule has 8 nitrogen and oxygen atoms in total. The van der Waals surface area contributed by atoms with Gasteiger partial charge in [0.15, 0.2) is 18.1 Å². The van der Waals surface area contributed by atoms with E-state index in [0.717, 1.165) is 23.1 Å². The highest BCUT2D eigenvalue weighted by atomic mass is 16.6. The molecule has 202 valence electrons. The number of hydrogen-bond donors (Lipinski definition) is 1. The topological polar surface area (TPSA) is 113 Å². The van der Waals surface area contributed by atoms with E-state index in [1.807, 2.05) is 64.1 Å². The Balaban J connectivity index is 1.58. The fourth-order valence-corrected chi connectivity index (χ4v) is 4.47. The van der Waals surface area contributed by atoms with E-state index < -0.39 is 11.9 Å². The van der Waals surface area contributed by atoms with Crippen LogP contribution in [0.2, 0.25) is 0 Å². The van der Waals surface area contributed by atoms with Crippen LogP contribution in [-0.4, -0.2) is 25.8 Å². The van der Waals surface area contributed by atoms with Gasteiger partial charge < -0.3 is 29.4 Å². The highest BCUT2D eigenvalue weighted by molar-refractivity contribution is 5.74. The number of rotatable bonds is 10. The Morgan fingerprint density at radius 2 is 1.72 bits per heavy atom. The standard InChI is InChI=1S/C31H32N2O6/c1-5-11-36-26-10-7-21(15-28(26)35-6-2)30-24-9-8-22(16-27(24)39-31(33)25(30)17-32)38-29(34)18-37-23-13-19(3)12-20(4)14-23/h7-10,12-16,30H,5-6,11,18,33H2,1-4H3. The molecular weight excluding hydrogens is 496 g/mol. The van der Waals surface area contributed by atoms with Crippen LogP contribution < -0.4 is 29.4 Å². The quantitative estimate of drug-likeness (QED) is 0.264. The summed E-state index contributed by atoms with van der Waals surface area (Å²) in [4.78, 5) is 12.5. The van der Waals surface area contributed by atoms with Crippen molar-refractivity contribution >= 4 is 5.97 Å². The summed E-state index contributed by atoms with van der Waals surface area (Å²) < 4.78 is 28.5. The summed E-state index contributed by atoms with van der Waals surface area (Å²) >= 11 is 0. The molecule has 3 aromatic carbocycles. The Morgan fingerprint density at radius 1 is 0.949 bits per heavy atom. The maximum atomic E-state index is 12.5. The van der Waals surface area contributed by atoms with Crippen molar-refractivity contribution < 1.29 is 28.5 Å². The average Bonchev–Trinajstić information content (AvgIpc) is 2.90. The van der Waals surface area contributed by atoms with E-state index in [9.17, 15) is 10.1 Å². The lowest BCUT2D eigenvalue weighted by molar-refractivity contribution is -0.136. The molecule has 0 aromatic heterocycles. The number of aryl methyl sites for hydroxylation is 2. The van der Waals surface area contributed by atoms with E-state index in [1.165, 1.54) is 0 Å². The van der Waals surface area contributed by atoms with Crippen LogP contribution in [-0.2, 0) is 4.79 Å². The van der Waals surface area contributed by atoms with Gasteiger partial charge in [-0.25, -0.2) is 4.79 Å². The van der Waals surface area contributed by atoms with Crippen molar-refractivity contribution in [2.75, 3.05) is 19.8 Å². The summed E-state index contributed by atoms with van der Waals surface area (Å²) in [6, 6.07) is 18.5. The molecule has 0 aliphatic carbocycles. The van der Waals surface area contributed by atoms with Crippen molar-refractivity contribution in [2.45, 2.75) is 40.0 Å². The van der Waals surface area contributed by atoms with Crippen molar-refractivity contribution in [3.8, 4) is 34.8 Å². The summed E-state index contributed by atoms with van der Waals surface area (Å²) in [5, 5.41) is 9.92. The van der Waals surface area contributed by atoms with E-state index in [2.05, 4.69) is 6.07 Å². The molecule has 8 heteroatoms. The first-order valence-electron chi connectivity index (χ1n) is 12.9. The summed E-state index contributed by atoms with van der Waals surface area (Å²) in [7, 11) is 0. The first kappa shape index (κ1) is 27.4. The number of esters is 1. The Morgan fingerprint density at radius 3 is 2.41 bits per heavy atom. The summed E-state index contributed by atoms with van der Waals surface area (Å²) in [6.07, 6.45) is 0.864. The average molecular weight is 529 g/mol. The van der Waals surface area contributed by atoms with Gasteiger partial charge in [0.2, 0.25) is 5.88 Å². The summed E-state index contributed by atoms with van der Waals surface area (Å²) in [5.41, 5.74) is 10.0. The molecule has 0 radical (unpaired) electrons. The molecule has 1 heterocycles. The van der Waals surface area contributed by atoms with Gasteiger partial charge in [-0.15, -0.1) is 0 Å². The SMILES string of the molecule is CCCOc1ccc(C2C(C#N)=C(N)Oc3cc(OC(=O)COc4cc(C)cc(C)c4)ccc32)cc1OCC. The van der Waals surface area contributed by atoms with Crippen LogP contribution >= 0.6 is 0 Å². The zero-order valence-corrected chi connectivity index (χ0v) is 22.6. The molecule has 0 fully saturated rings. The monoisotopic (exact) mass is 528 g/mol. The van der Waals surface area contributed by atoms with Crippen molar-refractivity contribution in [1.29, 1.82) is 5.26 Å². The van der Waals surface area contributed by atoms with Gasteiger partial charge in [-0.3, -0.25) is 0 Å². The predicted molar refractivity (Wildman–Crippen MR) is 146 cm³/mol. The van der Waals surface area contributed by atoms with E-state index in [-0.39, 0.29) is 23.8 Å². The molecule has 2 N–H and O–H groups in total. The lowest BCUT2D eigenvalue weighted by atomic mass is 9.83. The van der Waals surface area contributed by atoms with Crippen LogP contribution in [0.5, 0.6) is 28.7 Å². The molecule has 1 aliphatic rings. The van der Waals surface area contributed by atoms with Gasteiger partial charge >= 0.3 is 5.97 Å². The minimum absolute atomic E-state index is 0.0131. The lowest BCUT2D eigenvalue weighted by Gasteiger charge is -2.27.